The number of amides is 2. The molecule has 2 aromatic rings. The molecule has 3 N–H and O–H groups in total. The third kappa shape index (κ3) is 5.18. The number of nitrogens with zero attached hydrogens (tertiary/aromatic N) is 2. The molecule has 1 unspecified atom stereocenters. The number of carbonyl (C=O) groups is 2. The number of likely N-dealkylation sites (tertiary alicyclic amines) is 1. The van der Waals surface area contributed by atoms with Crippen LogP contribution in [0.3, 0.4) is 0 Å². The number of β-amino-alcohol motifs (C(OH)–C–C–N with tert-alkyl or cyclic N) is 1. The number of aliphatic hydroxyl groups is 1. The van der Waals surface area contributed by atoms with E-state index in [2.05, 4.69) is 27.7 Å². The van der Waals surface area contributed by atoms with Crippen LogP contribution in [0.2, 0.25) is 0 Å². The van der Waals surface area contributed by atoms with Gasteiger partial charge in [0.25, 0.3) is 11.8 Å². The zero-order valence-electron chi connectivity index (χ0n) is 19.5. The summed E-state index contributed by atoms with van der Waals surface area (Å²) in [4.78, 5) is 28.4. The first-order valence-corrected chi connectivity index (χ1v) is 11.8. The zero-order valence-corrected chi connectivity index (χ0v) is 19.5. The predicted octanol–water partition coefficient (Wildman–Crippen LogP) is 1.78. The summed E-state index contributed by atoms with van der Waals surface area (Å²) in [7, 11) is 0. The second-order valence-corrected chi connectivity index (χ2v) is 9.64. The van der Waals surface area contributed by atoms with Crippen molar-refractivity contribution in [2.45, 2.75) is 30.8 Å². The van der Waals surface area contributed by atoms with Crippen molar-refractivity contribution in [3.63, 3.8) is 0 Å². The highest BCUT2D eigenvalue weighted by Crippen LogP contribution is 2.39. The first-order valence-electron chi connectivity index (χ1n) is 11.8. The molecule has 36 heavy (non-hydrogen) atoms. The smallest absolute Gasteiger partial charge is 0.401 e. The summed E-state index contributed by atoms with van der Waals surface area (Å²) >= 11 is 0. The second kappa shape index (κ2) is 9.38. The number of anilines is 1. The normalized spacial score (nSPS) is 19.9. The van der Waals surface area contributed by atoms with Crippen LogP contribution in [0.5, 0.6) is 5.75 Å². The van der Waals surface area contributed by atoms with Crippen LogP contribution in [0.4, 0.5) is 18.9 Å². The third-order valence-corrected chi connectivity index (χ3v) is 6.75. The van der Waals surface area contributed by atoms with E-state index in [1.54, 1.807) is 0 Å². The number of rotatable bonds is 6. The molecule has 3 aliphatic rings. The van der Waals surface area contributed by atoms with E-state index in [9.17, 15) is 27.9 Å². The Labute approximate surface area is 206 Å². The molecule has 1 spiro atoms. The summed E-state index contributed by atoms with van der Waals surface area (Å²) in [5, 5.41) is 15.8. The number of alkyl halides is 3. The van der Waals surface area contributed by atoms with Gasteiger partial charge in [-0.3, -0.25) is 19.4 Å². The van der Waals surface area contributed by atoms with Gasteiger partial charge in [0.05, 0.1) is 18.3 Å². The van der Waals surface area contributed by atoms with Gasteiger partial charge in [-0.05, 0) is 35.7 Å². The molecule has 0 bridgehead atoms. The fraction of sp³-hybridized carbons (Fsp3) is 0.440. The summed E-state index contributed by atoms with van der Waals surface area (Å²) in [6.07, 6.45) is -4.18. The van der Waals surface area contributed by atoms with E-state index in [4.69, 9.17) is 4.74 Å². The highest BCUT2D eigenvalue weighted by atomic mass is 19.4. The van der Waals surface area contributed by atoms with Gasteiger partial charge in [0, 0.05) is 44.8 Å². The molecular formula is C25H27F3N4O4. The second-order valence-electron chi connectivity index (χ2n) is 9.64. The van der Waals surface area contributed by atoms with Crippen LogP contribution >= 0.6 is 0 Å². The predicted molar refractivity (Wildman–Crippen MR) is 125 cm³/mol. The minimum Gasteiger partial charge on any atom is -0.472 e. The molecule has 0 aromatic heterocycles. The molecule has 1 saturated heterocycles. The topological polar surface area (TPSA) is 94.1 Å². The fourth-order valence-electron chi connectivity index (χ4n) is 4.99. The van der Waals surface area contributed by atoms with E-state index in [0.29, 0.717) is 12.3 Å². The Balaban J connectivity index is 1.13. The van der Waals surface area contributed by atoms with E-state index >= 15 is 0 Å². The number of aliphatic hydroxyl groups excluding tert-OH is 1. The average molecular weight is 505 g/mol. The minimum absolute atomic E-state index is 0.0646. The first kappa shape index (κ1) is 24.5. The molecule has 2 amide bonds. The van der Waals surface area contributed by atoms with Gasteiger partial charge >= 0.3 is 6.18 Å². The van der Waals surface area contributed by atoms with Crippen LogP contribution in [-0.2, 0) is 17.8 Å². The van der Waals surface area contributed by atoms with Gasteiger partial charge in [-0.25, -0.2) is 0 Å². The van der Waals surface area contributed by atoms with Crippen LogP contribution in [-0.4, -0.2) is 83.9 Å². The van der Waals surface area contributed by atoms with Crippen molar-refractivity contribution in [2.24, 2.45) is 0 Å². The quantitative estimate of drug-likeness (QED) is 0.556. The Bertz CT molecular complexity index is 1170. The minimum atomic E-state index is -4.35. The maximum absolute atomic E-state index is 12.6. The van der Waals surface area contributed by atoms with Crippen molar-refractivity contribution in [1.82, 2.24) is 15.1 Å². The Morgan fingerprint density at radius 2 is 1.92 bits per heavy atom. The van der Waals surface area contributed by atoms with Gasteiger partial charge in [0.15, 0.2) is 0 Å². The number of halogens is 3. The van der Waals surface area contributed by atoms with Crippen molar-refractivity contribution in [2.75, 3.05) is 44.6 Å². The van der Waals surface area contributed by atoms with E-state index in [1.807, 2.05) is 12.1 Å². The monoisotopic (exact) mass is 504 g/mol. The molecule has 0 radical (unpaired) electrons. The van der Waals surface area contributed by atoms with Crippen LogP contribution in [0.25, 0.3) is 0 Å². The molecule has 2 aromatic carbocycles. The van der Waals surface area contributed by atoms with Crippen molar-refractivity contribution in [1.29, 1.82) is 0 Å². The lowest BCUT2D eigenvalue weighted by Gasteiger charge is -2.50. The molecule has 1 atom stereocenters. The van der Waals surface area contributed by atoms with Crippen molar-refractivity contribution in [3.05, 3.63) is 59.2 Å². The molecule has 0 aliphatic carbocycles. The van der Waals surface area contributed by atoms with Crippen LogP contribution < -0.4 is 15.4 Å². The molecule has 0 saturated carbocycles. The van der Waals surface area contributed by atoms with Gasteiger partial charge in [0.2, 0.25) is 5.60 Å². The van der Waals surface area contributed by atoms with Gasteiger partial charge < -0.3 is 20.5 Å². The molecule has 11 heteroatoms. The SMILES string of the molecule is O=C(NCC(O)CN1CCc2ccccc2C1)c1ccc2c(c1)NC(=O)C1(CN(CC(F)(F)F)C1)O2. The maximum Gasteiger partial charge on any atom is 0.401 e. The molecule has 192 valence electrons. The molecule has 5 rings (SSSR count). The zero-order chi connectivity index (χ0) is 25.5. The van der Waals surface area contributed by atoms with Crippen LogP contribution in [0, 0.1) is 0 Å². The van der Waals surface area contributed by atoms with Crippen LogP contribution in [0.15, 0.2) is 42.5 Å². The number of ether oxygens (including phenoxy) is 1. The van der Waals surface area contributed by atoms with Crippen molar-refractivity contribution < 1.29 is 32.6 Å². The highest BCUT2D eigenvalue weighted by molar-refractivity contribution is 6.03. The molecular weight excluding hydrogens is 477 g/mol. The lowest BCUT2D eigenvalue weighted by Crippen LogP contribution is -2.72. The van der Waals surface area contributed by atoms with Gasteiger partial charge in [-0.15, -0.1) is 0 Å². The van der Waals surface area contributed by atoms with Gasteiger partial charge in [-0.2, -0.15) is 13.2 Å². The van der Waals surface area contributed by atoms with Gasteiger partial charge in [-0.1, -0.05) is 24.3 Å². The van der Waals surface area contributed by atoms with E-state index in [1.165, 1.54) is 29.3 Å². The Hall–Kier alpha value is -3.15. The number of nitrogens with one attached hydrogen (secondary N) is 2. The summed E-state index contributed by atoms with van der Waals surface area (Å²) < 4.78 is 43.5. The number of hydrogen-bond donors (Lipinski definition) is 3. The molecule has 8 nitrogen and oxygen atoms in total. The standard InChI is InChI=1S/C25H27F3N4O4/c26-25(27,28)15-32-13-24(14-32)23(35)30-20-9-17(5-6-21(20)36-24)22(34)29-10-19(33)12-31-8-7-16-3-1-2-4-18(16)11-31/h1-6,9,19,33H,7-8,10-15H2,(H,29,34)(H,30,35). The Morgan fingerprint density at radius 3 is 2.67 bits per heavy atom. The number of carbonyl (C=O) groups excluding carboxylic acids is 2. The Kier molecular flexibility index (Phi) is 6.39. The lowest BCUT2D eigenvalue weighted by atomic mass is 9.90. The third-order valence-electron chi connectivity index (χ3n) is 6.75. The number of benzene rings is 2. The van der Waals surface area contributed by atoms with Crippen molar-refractivity contribution >= 4 is 17.5 Å². The summed E-state index contributed by atoms with van der Waals surface area (Å²) in [5.41, 5.74) is 1.75. The summed E-state index contributed by atoms with van der Waals surface area (Å²) in [6.45, 7) is 0.643. The molecule has 1 fully saturated rings. The lowest BCUT2D eigenvalue weighted by molar-refractivity contribution is -0.184. The van der Waals surface area contributed by atoms with E-state index in [0.717, 1.165) is 24.4 Å². The molecule has 3 aliphatic heterocycles. The van der Waals surface area contributed by atoms with Crippen molar-refractivity contribution in [3.8, 4) is 5.75 Å². The highest BCUT2D eigenvalue weighted by Gasteiger charge is 2.56. The fourth-order valence-corrected chi connectivity index (χ4v) is 4.99. The van der Waals surface area contributed by atoms with Gasteiger partial charge in [0.1, 0.15) is 5.75 Å². The number of hydrogen-bond acceptors (Lipinski definition) is 6. The van der Waals surface area contributed by atoms with Crippen LogP contribution in [0.1, 0.15) is 21.5 Å². The largest absolute Gasteiger partial charge is 0.472 e. The average Bonchev–Trinajstić information content (AvgIpc) is 2.80. The van der Waals surface area contributed by atoms with E-state index in [-0.39, 0.29) is 30.9 Å². The number of fused-ring (bicyclic) bond motifs is 2. The summed E-state index contributed by atoms with van der Waals surface area (Å²) in [6, 6.07) is 12.7. The van der Waals surface area contributed by atoms with E-state index < -0.39 is 36.2 Å². The summed E-state index contributed by atoms with van der Waals surface area (Å²) in [5.74, 6) is -0.664. The Morgan fingerprint density at radius 1 is 1.17 bits per heavy atom. The first-order chi connectivity index (χ1) is 17.1. The molecule has 3 heterocycles. The maximum atomic E-state index is 12.6.